The first-order valence-corrected chi connectivity index (χ1v) is 28.6. The van der Waals surface area contributed by atoms with Gasteiger partial charge >= 0.3 is 0 Å². The van der Waals surface area contributed by atoms with E-state index in [1.54, 1.807) is 6.08 Å². The second kappa shape index (κ2) is 50.4. The van der Waals surface area contributed by atoms with Gasteiger partial charge < -0.3 is 40.3 Å². The fourth-order valence-electron chi connectivity index (χ4n) is 8.35. The fraction of sp³-hybridized carbons (Fsp3) is 0.694. The van der Waals surface area contributed by atoms with E-state index < -0.39 is 49.5 Å². The zero-order chi connectivity index (χ0) is 51.5. The van der Waals surface area contributed by atoms with Crippen molar-refractivity contribution in [2.45, 2.75) is 262 Å². The lowest BCUT2D eigenvalue weighted by Crippen LogP contribution is -2.60. The number of unbranched alkanes of at least 4 members (excludes halogenated alkanes) is 21. The number of rotatable bonds is 47. The van der Waals surface area contributed by atoms with Crippen molar-refractivity contribution in [3.05, 3.63) is 109 Å². The van der Waals surface area contributed by atoms with Crippen molar-refractivity contribution in [3.8, 4) is 0 Å². The molecule has 7 atom stereocenters. The lowest BCUT2D eigenvalue weighted by Gasteiger charge is -2.40. The van der Waals surface area contributed by atoms with Crippen molar-refractivity contribution >= 4 is 5.91 Å². The molecule has 0 aromatic rings. The second-order valence-corrected chi connectivity index (χ2v) is 19.4. The van der Waals surface area contributed by atoms with E-state index in [1.807, 2.05) is 6.08 Å². The maximum atomic E-state index is 13.0. The van der Waals surface area contributed by atoms with Crippen LogP contribution in [0.1, 0.15) is 219 Å². The highest BCUT2D eigenvalue weighted by Crippen LogP contribution is 2.23. The van der Waals surface area contributed by atoms with Gasteiger partial charge in [0.15, 0.2) is 6.29 Å². The van der Waals surface area contributed by atoms with Gasteiger partial charge in [-0.15, -0.1) is 0 Å². The molecule has 1 fully saturated rings. The summed E-state index contributed by atoms with van der Waals surface area (Å²) in [6, 6.07) is -0.810. The summed E-state index contributed by atoms with van der Waals surface area (Å²) in [5.74, 6) is -0.185. The third-order valence-electron chi connectivity index (χ3n) is 12.9. The summed E-state index contributed by atoms with van der Waals surface area (Å²) in [6.07, 6.45) is 67.3. The van der Waals surface area contributed by atoms with Crippen LogP contribution in [0.25, 0.3) is 0 Å². The van der Waals surface area contributed by atoms with Gasteiger partial charge in [0, 0.05) is 6.42 Å². The zero-order valence-corrected chi connectivity index (χ0v) is 44.9. The maximum Gasteiger partial charge on any atom is 0.220 e. The van der Waals surface area contributed by atoms with E-state index in [2.05, 4.69) is 116 Å². The standard InChI is InChI=1S/C62H105NO8/c1-3-5-7-9-11-13-15-16-17-18-19-20-21-22-23-24-25-26-27-28-29-30-31-32-33-34-35-36-37-38-39-40-42-44-46-48-50-52-58(66)63-55(54-70-62-61(69)60(68)59(67)57(53-64)71-62)56(65)51-49-47-45-43-41-14-12-10-8-6-4-2/h5,7,11,13,16-17,19-20,22-23,25-26,28-29,31-32,49,51,55-57,59-62,64-65,67-69H,3-4,6,8-10,12,14-15,18,21,24,27,30,33-48,50,52-54H2,1-2H3,(H,63,66)/b7-5-,13-11-,17-16-,20-19-,23-22-,26-25-,29-28-,32-31-,51-49+. The zero-order valence-electron chi connectivity index (χ0n) is 44.9. The summed E-state index contributed by atoms with van der Waals surface area (Å²) >= 11 is 0. The summed E-state index contributed by atoms with van der Waals surface area (Å²) in [5, 5.41) is 54.3. The minimum absolute atomic E-state index is 0.185. The Hall–Kier alpha value is -3.15. The van der Waals surface area contributed by atoms with Crippen molar-refractivity contribution in [3.63, 3.8) is 0 Å². The number of allylic oxidation sites excluding steroid dienone is 17. The maximum absolute atomic E-state index is 13.0. The van der Waals surface area contributed by atoms with E-state index in [-0.39, 0.29) is 12.5 Å². The van der Waals surface area contributed by atoms with Crippen LogP contribution in [-0.2, 0) is 14.3 Å². The third-order valence-corrected chi connectivity index (χ3v) is 12.9. The summed E-state index contributed by atoms with van der Waals surface area (Å²) in [7, 11) is 0. The highest BCUT2D eigenvalue weighted by molar-refractivity contribution is 5.76. The smallest absolute Gasteiger partial charge is 0.220 e. The molecule has 0 saturated carbocycles. The van der Waals surface area contributed by atoms with Gasteiger partial charge in [0.2, 0.25) is 5.91 Å². The Morgan fingerprint density at radius 3 is 1.30 bits per heavy atom. The molecule has 1 heterocycles. The molecule has 9 heteroatoms. The number of aliphatic hydroxyl groups excluding tert-OH is 5. The first-order chi connectivity index (χ1) is 34.8. The molecular formula is C62H105NO8. The van der Waals surface area contributed by atoms with Crippen LogP contribution >= 0.6 is 0 Å². The predicted molar refractivity (Wildman–Crippen MR) is 299 cm³/mol. The van der Waals surface area contributed by atoms with Gasteiger partial charge in [0.1, 0.15) is 24.4 Å². The molecule has 0 aromatic heterocycles. The highest BCUT2D eigenvalue weighted by Gasteiger charge is 2.44. The van der Waals surface area contributed by atoms with Gasteiger partial charge in [-0.1, -0.05) is 239 Å². The summed E-state index contributed by atoms with van der Waals surface area (Å²) < 4.78 is 11.2. The van der Waals surface area contributed by atoms with Crippen LogP contribution < -0.4 is 5.32 Å². The molecule has 7 unspecified atom stereocenters. The van der Waals surface area contributed by atoms with Gasteiger partial charge in [-0.25, -0.2) is 0 Å². The number of aliphatic hydroxyl groups is 5. The Labute approximate surface area is 434 Å². The number of carbonyl (C=O) groups is 1. The molecular weight excluding hydrogens is 887 g/mol. The largest absolute Gasteiger partial charge is 0.394 e. The third kappa shape index (κ3) is 40.0. The van der Waals surface area contributed by atoms with Crippen molar-refractivity contribution < 1.29 is 39.8 Å². The minimum Gasteiger partial charge on any atom is -0.394 e. The molecule has 9 nitrogen and oxygen atoms in total. The molecule has 1 amide bonds. The molecule has 0 bridgehead atoms. The van der Waals surface area contributed by atoms with E-state index in [9.17, 15) is 30.3 Å². The topological polar surface area (TPSA) is 149 Å². The van der Waals surface area contributed by atoms with E-state index in [0.29, 0.717) is 6.42 Å². The van der Waals surface area contributed by atoms with Crippen LogP contribution in [0.4, 0.5) is 0 Å². The van der Waals surface area contributed by atoms with E-state index in [4.69, 9.17) is 9.47 Å². The highest BCUT2D eigenvalue weighted by atomic mass is 16.7. The van der Waals surface area contributed by atoms with E-state index >= 15 is 0 Å². The fourth-order valence-corrected chi connectivity index (χ4v) is 8.35. The summed E-state index contributed by atoms with van der Waals surface area (Å²) in [6.45, 7) is 3.63. The number of hydrogen-bond donors (Lipinski definition) is 6. The Kier molecular flexibility index (Phi) is 46.7. The Balaban J connectivity index is 2.13. The number of nitrogens with one attached hydrogen (secondary N) is 1. The molecule has 0 radical (unpaired) electrons. The number of carbonyl (C=O) groups excluding carboxylic acids is 1. The predicted octanol–water partition coefficient (Wildman–Crippen LogP) is 14.2. The quantitative estimate of drug-likeness (QED) is 0.0261. The molecule has 71 heavy (non-hydrogen) atoms. The molecule has 0 spiro atoms. The molecule has 0 aromatic carbocycles. The van der Waals surface area contributed by atoms with Crippen LogP contribution in [-0.4, -0.2) is 87.5 Å². The Morgan fingerprint density at radius 1 is 0.493 bits per heavy atom. The van der Waals surface area contributed by atoms with Crippen LogP contribution in [0.2, 0.25) is 0 Å². The number of hydrogen-bond acceptors (Lipinski definition) is 8. The number of ether oxygens (including phenoxy) is 2. The van der Waals surface area contributed by atoms with Crippen molar-refractivity contribution in [1.29, 1.82) is 0 Å². The number of amides is 1. The van der Waals surface area contributed by atoms with Gasteiger partial charge in [-0.3, -0.25) is 4.79 Å². The van der Waals surface area contributed by atoms with Gasteiger partial charge in [0.05, 0.1) is 25.4 Å². The SMILES string of the molecule is CC/C=C\C/C=C\C/C=C\C/C=C\C/C=C\C/C=C\C/C=C\C/C=C\CCCCCCCCCCCCCCC(=O)NC(COC1OC(CO)C(O)C(O)C1O)C(O)/C=C/CCCCCCCCCCC. The van der Waals surface area contributed by atoms with Gasteiger partial charge in [0.25, 0.3) is 0 Å². The molecule has 1 aliphatic rings. The van der Waals surface area contributed by atoms with Crippen LogP contribution in [0, 0.1) is 0 Å². The molecule has 6 N–H and O–H groups in total. The molecule has 1 rings (SSSR count). The average Bonchev–Trinajstić information content (AvgIpc) is 3.37. The Morgan fingerprint density at radius 2 is 0.873 bits per heavy atom. The molecule has 0 aliphatic carbocycles. The molecule has 406 valence electrons. The second-order valence-electron chi connectivity index (χ2n) is 19.4. The normalized spacial score (nSPS) is 20.1. The Bertz CT molecular complexity index is 1480. The summed E-state index contributed by atoms with van der Waals surface area (Å²) in [5.41, 5.74) is 0. The van der Waals surface area contributed by atoms with Crippen molar-refractivity contribution in [1.82, 2.24) is 5.32 Å². The molecule has 1 saturated heterocycles. The van der Waals surface area contributed by atoms with Crippen LogP contribution in [0.15, 0.2) is 109 Å². The van der Waals surface area contributed by atoms with E-state index in [1.165, 1.54) is 109 Å². The monoisotopic (exact) mass is 992 g/mol. The first-order valence-electron chi connectivity index (χ1n) is 28.6. The first kappa shape index (κ1) is 65.9. The van der Waals surface area contributed by atoms with Crippen LogP contribution in [0.5, 0.6) is 0 Å². The van der Waals surface area contributed by atoms with Gasteiger partial charge in [-0.2, -0.15) is 0 Å². The minimum atomic E-state index is -1.57. The van der Waals surface area contributed by atoms with E-state index in [0.717, 1.165) is 89.9 Å². The van der Waals surface area contributed by atoms with Crippen LogP contribution in [0.3, 0.4) is 0 Å². The van der Waals surface area contributed by atoms with Crippen molar-refractivity contribution in [2.75, 3.05) is 13.2 Å². The van der Waals surface area contributed by atoms with Gasteiger partial charge in [-0.05, 0) is 83.5 Å². The molecule has 1 aliphatic heterocycles. The summed E-state index contributed by atoms with van der Waals surface area (Å²) in [4.78, 5) is 13.0. The van der Waals surface area contributed by atoms with Crippen molar-refractivity contribution in [2.24, 2.45) is 0 Å². The average molecular weight is 993 g/mol. The lowest BCUT2D eigenvalue weighted by atomic mass is 9.99. The lowest BCUT2D eigenvalue weighted by molar-refractivity contribution is -0.302.